The number of nitrogens with one attached hydrogen (secondary N) is 1. The van der Waals surface area contributed by atoms with Crippen molar-refractivity contribution in [3.05, 3.63) is 35.6 Å². The van der Waals surface area contributed by atoms with Crippen LogP contribution in [0.25, 0.3) is 0 Å². The summed E-state index contributed by atoms with van der Waals surface area (Å²) < 4.78 is 13.7. The van der Waals surface area contributed by atoms with E-state index in [1.807, 2.05) is 6.07 Å². The van der Waals surface area contributed by atoms with Crippen molar-refractivity contribution in [3.8, 4) is 0 Å². The highest BCUT2D eigenvalue weighted by atomic mass is 32.2. The van der Waals surface area contributed by atoms with Crippen LogP contribution in [0.4, 0.5) is 4.39 Å². The lowest BCUT2D eigenvalue weighted by molar-refractivity contribution is 0.625. The molecule has 1 fully saturated rings. The van der Waals surface area contributed by atoms with E-state index in [9.17, 15) is 4.39 Å². The molecule has 2 aliphatic rings. The van der Waals surface area contributed by atoms with Crippen molar-refractivity contribution in [2.24, 2.45) is 10.1 Å². The lowest BCUT2D eigenvalue weighted by atomic mass is 10.1. The second kappa shape index (κ2) is 5.74. The zero-order chi connectivity index (χ0) is 13.1. The van der Waals surface area contributed by atoms with Crippen LogP contribution in [0.3, 0.4) is 0 Å². The van der Waals surface area contributed by atoms with Crippen molar-refractivity contribution in [2.45, 2.75) is 31.7 Å². The number of halogens is 1. The Bertz CT molecular complexity index is 521. The molecule has 19 heavy (non-hydrogen) atoms. The van der Waals surface area contributed by atoms with Gasteiger partial charge in [0.05, 0.1) is 11.8 Å². The van der Waals surface area contributed by atoms with E-state index < -0.39 is 0 Å². The van der Waals surface area contributed by atoms with E-state index in [0.717, 1.165) is 10.9 Å². The zero-order valence-electron chi connectivity index (χ0n) is 10.6. The fourth-order valence-corrected chi connectivity index (χ4v) is 3.24. The first-order chi connectivity index (χ1) is 9.33. The summed E-state index contributed by atoms with van der Waals surface area (Å²) in [6, 6.07) is 7.18. The summed E-state index contributed by atoms with van der Waals surface area (Å²) in [6.07, 6.45) is 4.90. The number of benzene rings is 1. The predicted octanol–water partition coefficient (Wildman–Crippen LogP) is 3.16. The maximum absolute atomic E-state index is 13.7. The Hall–Kier alpha value is -1.36. The van der Waals surface area contributed by atoms with Crippen molar-refractivity contribution >= 4 is 22.6 Å². The van der Waals surface area contributed by atoms with E-state index in [-0.39, 0.29) is 5.82 Å². The van der Waals surface area contributed by atoms with Crippen LogP contribution in [0, 0.1) is 5.82 Å². The van der Waals surface area contributed by atoms with Gasteiger partial charge < -0.3 is 0 Å². The van der Waals surface area contributed by atoms with Crippen LogP contribution in [0.2, 0.25) is 0 Å². The van der Waals surface area contributed by atoms with Crippen LogP contribution in [0.5, 0.6) is 0 Å². The van der Waals surface area contributed by atoms with Gasteiger partial charge in [0.25, 0.3) is 0 Å². The average molecular weight is 277 g/mol. The molecule has 0 saturated heterocycles. The first kappa shape index (κ1) is 12.7. The molecule has 3 nitrogen and oxygen atoms in total. The van der Waals surface area contributed by atoms with E-state index in [1.165, 1.54) is 31.7 Å². The van der Waals surface area contributed by atoms with Crippen molar-refractivity contribution < 1.29 is 4.39 Å². The van der Waals surface area contributed by atoms with Crippen LogP contribution in [0.1, 0.15) is 31.2 Å². The third kappa shape index (κ3) is 2.97. The monoisotopic (exact) mass is 277 g/mol. The highest BCUT2D eigenvalue weighted by molar-refractivity contribution is 8.14. The van der Waals surface area contributed by atoms with Crippen molar-refractivity contribution in [1.82, 2.24) is 5.43 Å². The summed E-state index contributed by atoms with van der Waals surface area (Å²) in [4.78, 5) is 4.65. The van der Waals surface area contributed by atoms with Crippen molar-refractivity contribution in [2.75, 3.05) is 5.75 Å². The SMILES string of the molecule is Fc1ccccc1C1=NNC(=NC2CCCC2)SC1. The van der Waals surface area contributed by atoms with E-state index in [2.05, 4.69) is 15.5 Å². The van der Waals surface area contributed by atoms with Gasteiger partial charge in [-0.25, -0.2) is 4.39 Å². The van der Waals surface area contributed by atoms with Crippen molar-refractivity contribution in [1.29, 1.82) is 0 Å². The van der Waals surface area contributed by atoms with Crippen LogP contribution >= 0.6 is 11.8 Å². The average Bonchev–Trinajstić information content (AvgIpc) is 2.93. The lowest BCUT2D eigenvalue weighted by Gasteiger charge is -2.16. The third-order valence-corrected chi connectivity index (χ3v) is 4.33. The molecule has 1 N–H and O–H groups in total. The number of thioether (sulfide) groups is 1. The van der Waals surface area contributed by atoms with Gasteiger partial charge in [-0.1, -0.05) is 42.8 Å². The molecule has 1 aromatic carbocycles. The first-order valence-corrected chi connectivity index (χ1v) is 7.59. The van der Waals surface area contributed by atoms with Gasteiger partial charge in [-0.2, -0.15) is 5.10 Å². The van der Waals surface area contributed by atoms with Crippen molar-refractivity contribution in [3.63, 3.8) is 0 Å². The van der Waals surface area contributed by atoms with Crippen LogP contribution in [0.15, 0.2) is 34.4 Å². The maximum atomic E-state index is 13.7. The molecule has 1 aliphatic heterocycles. The molecule has 0 atom stereocenters. The summed E-state index contributed by atoms with van der Waals surface area (Å²) in [6.45, 7) is 0. The fourth-order valence-electron chi connectivity index (χ4n) is 2.42. The summed E-state index contributed by atoms with van der Waals surface area (Å²) in [7, 11) is 0. The minimum absolute atomic E-state index is 0.222. The quantitative estimate of drug-likeness (QED) is 0.901. The molecule has 0 amide bonds. The summed E-state index contributed by atoms with van der Waals surface area (Å²) >= 11 is 1.60. The molecule has 0 radical (unpaired) electrons. The topological polar surface area (TPSA) is 36.8 Å². The van der Waals surface area contributed by atoms with Gasteiger partial charge in [0.15, 0.2) is 5.17 Å². The summed E-state index contributed by atoms with van der Waals surface area (Å²) in [5, 5.41) is 5.13. The van der Waals surface area contributed by atoms with Gasteiger partial charge >= 0.3 is 0 Å². The van der Waals surface area contributed by atoms with Crippen LogP contribution < -0.4 is 5.43 Å². The molecule has 1 heterocycles. The van der Waals surface area contributed by atoms with E-state index in [0.29, 0.717) is 17.4 Å². The first-order valence-electron chi connectivity index (χ1n) is 6.61. The molecular formula is C14H16FN3S. The number of hydrogen-bond donors (Lipinski definition) is 1. The molecule has 1 saturated carbocycles. The summed E-state index contributed by atoms with van der Waals surface area (Å²) in [5.41, 5.74) is 4.27. The molecule has 0 unspecified atom stereocenters. The normalized spacial score (nSPS) is 22.4. The van der Waals surface area contributed by atoms with Crippen LogP contribution in [-0.2, 0) is 0 Å². The minimum atomic E-state index is -0.222. The van der Waals surface area contributed by atoms with Gasteiger partial charge in [-0.05, 0) is 18.9 Å². The molecule has 5 heteroatoms. The van der Waals surface area contributed by atoms with Gasteiger partial charge in [-0.15, -0.1) is 0 Å². The van der Waals surface area contributed by atoms with Crippen LogP contribution in [-0.4, -0.2) is 22.7 Å². The van der Waals surface area contributed by atoms with Gasteiger partial charge in [0, 0.05) is 11.3 Å². The number of rotatable bonds is 2. The zero-order valence-corrected chi connectivity index (χ0v) is 11.4. The Labute approximate surface area is 116 Å². The Morgan fingerprint density at radius 1 is 1.26 bits per heavy atom. The van der Waals surface area contributed by atoms with Gasteiger partial charge in [0.1, 0.15) is 5.82 Å². The molecule has 1 aromatic rings. The minimum Gasteiger partial charge on any atom is -0.258 e. The van der Waals surface area contributed by atoms with E-state index in [1.54, 1.807) is 23.9 Å². The highest BCUT2D eigenvalue weighted by Gasteiger charge is 2.19. The molecular weight excluding hydrogens is 261 g/mol. The summed E-state index contributed by atoms with van der Waals surface area (Å²) in [5.74, 6) is 0.444. The predicted molar refractivity (Wildman–Crippen MR) is 78.2 cm³/mol. The smallest absolute Gasteiger partial charge is 0.177 e. The standard InChI is InChI=1S/C14H16FN3S/c15-12-8-4-3-7-11(12)13-9-19-14(18-17-13)16-10-5-1-2-6-10/h3-4,7-8,10H,1-2,5-6,9H2,(H,16,18). The molecule has 3 rings (SSSR count). The van der Waals surface area contributed by atoms with E-state index in [4.69, 9.17) is 0 Å². The molecule has 0 bridgehead atoms. The number of hydrogen-bond acceptors (Lipinski definition) is 3. The Morgan fingerprint density at radius 3 is 2.74 bits per heavy atom. The fraction of sp³-hybridized carbons (Fsp3) is 0.429. The Balaban J connectivity index is 1.72. The third-order valence-electron chi connectivity index (χ3n) is 3.44. The molecule has 0 aromatic heterocycles. The molecule has 100 valence electrons. The molecule has 0 spiro atoms. The Kier molecular flexibility index (Phi) is 3.82. The number of nitrogens with zero attached hydrogens (tertiary/aromatic N) is 2. The van der Waals surface area contributed by atoms with Gasteiger partial charge in [-0.3, -0.25) is 10.4 Å². The lowest BCUT2D eigenvalue weighted by Crippen LogP contribution is -2.27. The maximum Gasteiger partial charge on any atom is 0.177 e. The largest absolute Gasteiger partial charge is 0.258 e. The number of aliphatic imine (C=N–C) groups is 1. The highest BCUT2D eigenvalue weighted by Crippen LogP contribution is 2.23. The number of amidine groups is 1. The molecule has 1 aliphatic carbocycles. The second-order valence-electron chi connectivity index (χ2n) is 4.81. The van der Waals surface area contributed by atoms with Gasteiger partial charge in [0.2, 0.25) is 0 Å². The second-order valence-corrected chi connectivity index (χ2v) is 5.78. The van der Waals surface area contributed by atoms with E-state index >= 15 is 0 Å². The number of hydrazone groups is 1. The Morgan fingerprint density at radius 2 is 2.05 bits per heavy atom.